The Morgan fingerprint density at radius 3 is 2.31 bits per heavy atom. The van der Waals surface area contributed by atoms with Gasteiger partial charge in [0.15, 0.2) is 0 Å². The highest BCUT2D eigenvalue weighted by Gasteiger charge is 2.21. The van der Waals surface area contributed by atoms with E-state index in [4.69, 9.17) is 10.2 Å². The summed E-state index contributed by atoms with van der Waals surface area (Å²) in [6.07, 6.45) is 0.0200. The fraction of sp³-hybridized carbons (Fsp3) is 0.412. The van der Waals surface area contributed by atoms with Crippen LogP contribution >= 0.6 is 11.8 Å². The zero-order valence-electron chi connectivity index (χ0n) is 14.1. The molecular formula is C17H22N2O6S. The van der Waals surface area contributed by atoms with Gasteiger partial charge in [0.2, 0.25) is 11.8 Å². The maximum Gasteiger partial charge on any atom is 0.322 e. The quantitative estimate of drug-likeness (QED) is 0.421. The molecule has 0 aliphatic rings. The van der Waals surface area contributed by atoms with Crippen LogP contribution in [0.15, 0.2) is 30.3 Å². The SMILES string of the molecule is O=C(O)CCCC(=O)N[C@@H](CSCc1ccccc1)C(=O)NCC(=O)O. The fourth-order valence-corrected chi connectivity index (χ4v) is 3.02. The van der Waals surface area contributed by atoms with Gasteiger partial charge in [0.25, 0.3) is 0 Å². The highest BCUT2D eigenvalue weighted by Crippen LogP contribution is 2.13. The largest absolute Gasteiger partial charge is 0.481 e. The molecule has 0 radical (unpaired) electrons. The van der Waals surface area contributed by atoms with Crippen molar-refractivity contribution in [2.45, 2.75) is 31.1 Å². The van der Waals surface area contributed by atoms with E-state index in [0.29, 0.717) is 5.75 Å². The Labute approximate surface area is 155 Å². The van der Waals surface area contributed by atoms with Crippen LogP contribution in [0.1, 0.15) is 24.8 Å². The zero-order chi connectivity index (χ0) is 19.4. The number of carboxylic acids is 2. The van der Waals surface area contributed by atoms with E-state index in [1.54, 1.807) is 0 Å². The van der Waals surface area contributed by atoms with Crippen LogP contribution in [0.5, 0.6) is 0 Å². The molecule has 1 atom stereocenters. The minimum absolute atomic E-state index is 0.0155. The first-order chi connectivity index (χ1) is 12.4. The van der Waals surface area contributed by atoms with E-state index in [-0.39, 0.29) is 25.0 Å². The first-order valence-electron chi connectivity index (χ1n) is 8.01. The van der Waals surface area contributed by atoms with Crippen molar-refractivity contribution in [1.82, 2.24) is 10.6 Å². The highest BCUT2D eigenvalue weighted by atomic mass is 32.2. The molecule has 0 unspecified atom stereocenters. The van der Waals surface area contributed by atoms with Crippen molar-refractivity contribution in [1.29, 1.82) is 0 Å². The molecule has 0 bridgehead atoms. The number of benzene rings is 1. The smallest absolute Gasteiger partial charge is 0.322 e. The maximum atomic E-state index is 12.1. The molecule has 9 heteroatoms. The lowest BCUT2D eigenvalue weighted by Gasteiger charge is -2.18. The third-order valence-corrected chi connectivity index (χ3v) is 4.36. The monoisotopic (exact) mass is 382 g/mol. The van der Waals surface area contributed by atoms with E-state index in [0.717, 1.165) is 5.56 Å². The number of carbonyl (C=O) groups is 4. The number of aliphatic carboxylic acids is 2. The number of carbonyl (C=O) groups excluding carboxylic acids is 2. The molecule has 0 aromatic heterocycles. The van der Waals surface area contributed by atoms with E-state index in [9.17, 15) is 19.2 Å². The van der Waals surface area contributed by atoms with Crippen molar-refractivity contribution in [2.75, 3.05) is 12.3 Å². The number of carboxylic acid groups (broad SMARTS) is 2. The second-order valence-electron chi connectivity index (χ2n) is 5.48. The first kappa shape index (κ1) is 21.5. The van der Waals surface area contributed by atoms with Gasteiger partial charge in [-0.3, -0.25) is 19.2 Å². The Balaban J connectivity index is 2.53. The molecule has 0 fully saturated rings. The van der Waals surface area contributed by atoms with E-state index in [1.165, 1.54) is 11.8 Å². The minimum atomic E-state index is -1.18. The van der Waals surface area contributed by atoms with Gasteiger partial charge in [0, 0.05) is 24.3 Å². The summed E-state index contributed by atoms with van der Waals surface area (Å²) in [5.74, 6) is -2.29. The molecule has 0 aliphatic carbocycles. The predicted octanol–water partition coefficient (Wildman–Crippen LogP) is 0.860. The van der Waals surface area contributed by atoms with E-state index < -0.39 is 36.3 Å². The molecule has 142 valence electrons. The van der Waals surface area contributed by atoms with E-state index in [1.807, 2.05) is 30.3 Å². The van der Waals surface area contributed by atoms with Crippen LogP contribution in [0.25, 0.3) is 0 Å². The Hall–Kier alpha value is -2.55. The molecule has 0 aliphatic heterocycles. The summed E-state index contributed by atoms with van der Waals surface area (Å²) in [7, 11) is 0. The van der Waals surface area contributed by atoms with Gasteiger partial charge in [-0.2, -0.15) is 11.8 Å². The molecule has 1 aromatic carbocycles. The highest BCUT2D eigenvalue weighted by molar-refractivity contribution is 7.98. The Morgan fingerprint density at radius 2 is 1.69 bits per heavy atom. The molecule has 0 spiro atoms. The summed E-state index contributed by atoms with van der Waals surface area (Å²) >= 11 is 1.43. The molecule has 2 amide bonds. The maximum absolute atomic E-state index is 12.1. The van der Waals surface area contributed by atoms with Gasteiger partial charge in [-0.15, -0.1) is 0 Å². The van der Waals surface area contributed by atoms with Crippen molar-refractivity contribution >= 4 is 35.5 Å². The van der Waals surface area contributed by atoms with Crippen molar-refractivity contribution in [2.24, 2.45) is 0 Å². The summed E-state index contributed by atoms with van der Waals surface area (Å²) < 4.78 is 0. The molecule has 1 aromatic rings. The third kappa shape index (κ3) is 9.67. The van der Waals surface area contributed by atoms with E-state index >= 15 is 0 Å². The van der Waals surface area contributed by atoms with Gasteiger partial charge in [-0.05, 0) is 12.0 Å². The minimum Gasteiger partial charge on any atom is -0.481 e. The number of nitrogens with one attached hydrogen (secondary N) is 2. The third-order valence-electron chi connectivity index (χ3n) is 3.26. The number of hydrogen-bond acceptors (Lipinski definition) is 5. The molecular weight excluding hydrogens is 360 g/mol. The van der Waals surface area contributed by atoms with Crippen LogP contribution in [0, 0.1) is 0 Å². The van der Waals surface area contributed by atoms with Gasteiger partial charge in [-0.1, -0.05) is 30.3 Å². The van der Waals surface area contributed by atoms with Crippen LogP contribution < -0.4 is 10.6 Å². The molecule has 26 heavy (non-hydrogen) atoms. The molecule has 1 rings (SSSR count). The second-order valence-corrected chi connectivity index (χ2v) is 6.51. The van der Waals surface area contributed by atoms with E-state index in [2.05, 4.69) is 10.6 Å². The second kappa shape index (κ2) is 11.9. The van der Waals surface area contributed by atoms with Crippen LogP contribution in [0.2, 0.25) is 0 Å². The predicted molar refractivity (Wildman–Crippen MR) is 96.7 cm³/mol. The molecule has 0 saturated carbocycles. The topological polar surface area (TPSA) is 133 Å². The summed E-state index contributed by atoms with van der Waals surface area (Å²) in [5.41, 5.74) is 1.06. The fourth-order valence-electron chi connectivity index (χ4n) is 2.00. The first-order valence-corrected chi connectivity index (χ1v) is 9.16. The lowest BCUT2D eigenvalue weighted by Crippen LogP contribution is -2.49. The molecule has 0 saturated heterocycles. The van der Waals surface area contributed by atoms with Gasteiger partial charge in [-0.25, -0.2) is 0 Å². The zero-order valence-corrected chi connectivity index (χ0v) is 15.0. The van der Waals surface area contributed by atoms with Crippen molar-refractivity contribution in [3.63, 3.8) is 0 Å². The molecule has 0 heterocycles. The van der Waals surface area contributed by atoms with Crippen LogP contribution in [-0.2, 0) is 24.9 Å². The van der Waals surface area contributed by atoms with Gasteiger partial charge in [0.05, 0.1) is 0 Å². The van der Waals surface area contributed by atoms with Gasteiger partial charge >= 0.3 is 11.9 Å². The summed E-state index contributed by atoms with van der Waals surface area (Å²) in [6.45, 7) is -0.534. The standard InChI is InChI=1S/C17H22N2O6S/c20-14(7-4-8-15(21)22)19-13(17(25)18-9-16(23)24)11-26-10-12-5-2-1-3-6-12/h1-3,5-6,13H,4,7-11H2,(H,18,25)(H,19,20)(H,21,22)(H,23,24)/t13-/m0/s1. The van der Waals surface area contributed by atoms with Crippen molar-refractivity contribution < 1.29 is 29.4 Å². The summed E-state index contributed by atoms with van der Waals surface area (Å²) in [5, 5.41) is 22.0. The number of thioether (sulfide) groups is 1. The van der Waals surface area contributed by atoms with Crippen molar-refractivity contribution in [3.05, 3.63) is 35.9 Å². The number of hydrogen-bond donors (Lipinski definition) is 4. The van der Waals surface area contributed by atoms with Gasteiger partial charge in [0.1, 0.15) is 12.6 Å². The summed E-state index contributed by atoms with van der Waals surface area (Å²) in [6, 6.07) is 8.69. The lowest BCUT2D eigenvalue weighted by atomic mass is 10.2. The van der Waals surface area contributed by atoms with Crippen LogP contribution in [-0.4, -0.2) is 52.3 Å². The average Bonchev–Trinajstić information content (AvgIpc) is 2.59. The normalized spacial score (nSPS) is 11.4. The van der Waals surface area contributed by atoms with Gasteiger partial charge < -0.3 is 20.8 Å². The van der Waals surface area contributed by atoms with Crippen molar-refractivity contribution in [3.8, 4) is 0 Å². The Kier molecular flexibility index (Phi) is 9.85. The van der Waals surface area contributed by atoms with Crippen LogP contribution in [0.4, 0.5) is 0 Å². The average molecular weight is 382 g/mol. The number of rotatable bonds is 12. The Morgan fingerprint density at radius 1 is 1.00 bits per heavy atom. The Bertz CT molecular complexity index is 623. The summed E-state index contributed by atoms with van der Waals surface area (Å²) in [4.78, 5) is 45.1. The van der Waals surface area contributed by atoms with Crippen LogP contribution in [0.3, 0.4) is 0 Å². The number of amides is 2. The lowest BCUT2D eigenvalue weighted by molar-refractivity contribution is -0.138. The molecule has 4 N–H and O–H groups in total. The molecule has 8 nitrogen and oxygen atoms in total.